The lowest BCUT2D eigenvalue weighted by Crippen LogP contribution is -2.30. The summed E-state index contributed by atoms with van der Waals surface area (Å²) < 4.78 is 10.7. The number of hydrogen-bond acceptors (Lipinski definition) is 5. The molecule has 0 saturated carbocycles. The van der Waals surface area contributed by atoms with Crippen LogP contribution in [0.1, 0.15) is 34.4 Å². The molecule has 136 valence electrons. The molecule has 8 nitrogen and oxygen atoms in total. The number of carbonyl (C=O) groups excluding carboxylic acids is 2. The molecule has 2 heterocycles. The molecule has 0 bridgehead atoms. The topological polar surface area (TPSA) is 117 Å². The van der Waals surface area contributed by atoms with Crippen LogP contribution < -0.4 is 11.0 Å². The van der Waals surface area contributed by atoms with E-state index in [1.807, 2.05) is 0 Å². The SMILES string of the molecule is Cc1oc(C)c(C(=O)OC(C)C(=O)Nc2ccc3[nH]c(=O)[nH]c3c2)c1C. The van der Waals surface area contributed by atoms with E-state index >= 15 is 0 Å². The highest BCUT2D eigenvalue weighted by atomic mass is 16.5. The number of H-pyrrole nitrogens is 2. The average molecular weight is 357 g/mol. The second-order valence-electron chi connectivity index (χ2n) is 6.09. The van der Waals surface area contributed by atoms with Crippen LogP contribution in [0.5, 0.6) is 0 Å². The van der Waals surface area contributed by atoms with Crippen LogP contribution in [0.3, 0.4) is 0 Å². The van der Waals surface area contributed by atoms with Gasteiger partial charge >= 0.3 is 11.7 Å². The van der Waals surface area contributed by atoms with Gasteiger partial charge in [-0.2, -0.15) is 0 Å². The van der Waals surface area contributed by atoms with Crippen LogP contribution in [0.4, 0.5) is 5.69 Å². The van der Waals surface area contributed by atoms with Crippen LogP contribution in [0, 0.1) is 20.8 Å². The molecule has 1 unspecified atom stereocenters. The van der Waals surface area contributed by atoms with E-state index in [-0.39, 0.29) is 5.69 Å². The van der Waals surface area contributed by atoms with Gasteiger partial charge in [-0.3, -0.25) is 4.79 Å². The van der Waals surface area contributed by atoms with Crippen molar-refractivity contribution < 1.29 is 18.7 Å². The summed E-state index contributed by atoms with van der Waals surface area (Å²) in [5, 5.41) is 2.66. The van der Waals surface area contributed by atoms with Gasteiger partial charge in [-0.15, -0.1) is 0 Å². The molecule has 0 fully saturated rings. The summed E-state index contributed by atoms with van der Waals surface area (Å²) in [5.74, 6) is 0.0100. The molecule has 0 radical (unpaired) electrons. The van der Waals surface area contributed by atoms with Crippen molar-refractivity contribution in [2.45, 2.75) is 33.8 Å². The number of furan rings is 1. The number of aromatic amines is 2. The zero-order chi connectivity index (χ0) is 19.0. The van der Waals surface area contributed by atoms with E-state index in [1.54, 1.807) is 39.0 Å². The molecule has 1 aromatic carbocycles. The van der Waals surface area contributed by atoms with Gasteiger partial charge in [-0.25, -0.2) is 9.59 Å². The number of amides is 1. The number of aromatic nitrogens is 2. The zero-order valence-electron chi connectivity index (χ0n) is 14.9. The van der Waals surface area contributed by atoms with E-state index in [9.17, 15) is 14.4 Å². The summed E-state index contributed by atoms with van der Waals surface area (Å²) >= 11 is 0. The molecule has 1 amide bonds. The Bertz CT molecular complexity index is 1060. The van der Waals surface area contributed by atoms with Gasteiger partial charge in [0.05, 0.1) is 11.0 Å². The number of rotatable bonds is 4. The van der Waals surface area contributed by atoms with Crippen molar-refractivity contribution in [1.29, 1.82) is 0 Å². The number of esters is 1. The van der Waals surface area contributed by atoms with Gasteiger partial charge in [0, 0.05) is 11.3 Å². The second kappa shape index (κ2) is 6.55. The molecular formula is C18H19N3O5. The number of carbonyl (C=O) groups is 2. The maximum Gasteiger partial charge on any atom is 0.342 e. The van der Waals surface area contributed by atoms with Crippen LogP contribution in [-0.4, -0.2) is 27.9 Å². The van der Waals surface area contributed by atoms with Gasteiger partial charge < -0.3 is 24.4 Å². The number of imidazole rings is 1. The number of benzene rings is 1. The van der Waals surface area contributed by atoms with E-state index in [1.165, 1.54) is 6.92 Å². The Kier molecular flexibility index (Phi) is 4.41. The highest BCUT2D eigenvalue weighted by molar-refractivity contribution is 5.99. The third-order valence-corrected chi connectivity index (χ3v) is 4.20. The van der Waals surface area contributed by atoms with E-state index in [4.69, 9.17) is 9.15 Å². The van der Waals surface area contributed by atoms with Crippen LogP contribution in [-0.2, 0) is 9.53 Å². The van der Waals surface area contributed by atoms with E-state index in [2.05, 4.69) is 15.3 Å². The lowest BCUT2D eigenvalue weighted by Gasteiger charge is -2.13. The highest BCUT2D eigenvalue weighted by Gasteiger charge is 2.24. The lowest BCUT2D eigenvalue weighted by atomic mass is 10.1. The standard InChI is InChI=1S/C18H19N3O5/c1-8-9(2)25-10(3)15(8)17(23)26-11(4)16(22)19-12-5-6-13-14(7-12)21-18(24)20-13/h5-7,11H,1-4H3,(H,19,22)(H2,20,21,24). The number of nitrogens with one attached hydrogen (secondary N) is 3. The smallest absolute Gasteiger partial charge is 0.342 e. The molecular weight excluding hydrogens is 338 g/mol. The van der Waals surface area contributed by atoms with Crippen molar-refractivity contribution in [2.75, 3.05) is 5.32 Å². The van der Waals surface area contributed by atoms with Crippen LogP contribution >= 0.6 is 0 Å². The lowest BCUT2D eigenvalue weighted by molar-refractivity contribution is -0.123. The predicted octanol–water partition coefficient (Wildman–Crippen LogP) is 2.56. The first kappa shape index (κ1) is 17.5. The third kappa shape index (κ3) is 3.26. The van der Waals surface area contributed by atoms with Crippen LogP contribution in [0.25, 0.3) is 11.0 Å². The number of aryl methyl sites for hydroxylation is 2. The van der Waals surface area contributed by atoms with Crippen molar-refractivity contribution in [1.82, 2.24) is 9.97 Å². The highest BCUT2D eigenvalue weighted by Crippen LogP contribution is 2.22. The maximum atomic E-state index is 12.3. The Morgan fingerprint density at radius 1 is 1.12 bits per heavy atom. The van der Waals surface area contributed by atoms with E-state index in [0.29, 0.717) is 39.4 Å². The number of fused-ring (bicyclic) bond motifs is 1. The molecule has 0 aliphatic heterocycles. The molecule has 0 saturated heterocycles. The van der Waals surface area contributed by atoms with Crippen molar-refractivity contribution in [3.8, 4) is 0 Å². The Labute approximate surface area is 148 Å². The van der Waals surface area contributed by atoms with Gasteiger partial charge in [-0.1, -0.05) is 0 Å². The van der Waals surface area contributed by atoms with E-state index in [0.717, 1.165) is 0 Å². The molecule has 3 N–H and O–H groups in total. The van der Waals surface area contributed by atoms with Crippen molar-refractivity contribution in [2.24, 2.45) is 0 Å². The molecule has 1 atom stereocenters. The molecule has 3 rings (SSSR count). The van der Waals surface area contributed by atoms with Gasteiger partial charge in [0.2, 0.25) is 0 Å². The van der Waals surface area contributed by atoms with Gasteiger partial charge in [0.1, 0.15) is 17.1 Å². The summed E-state index contributed by atoms with van der Waals surface area (Å²) in [6, 6.07) is 4.93. The fourth-order valence-electron chi connectivity index (χ4n) is 2.72. The first-order chi connectivity index (χ1) is 12.3. The van der Waals surface area contributed by atoms with Crippen molar-refractivity contribution in [3.63, 3.8) is 0 Å². The Morgan fingerprint density at radius 3 is 2.46 bits per heavy atom. The summed E-state index contributed by atoms with van der Waals surface area (Å²) in [5.41, 5.74) is 2.39. The van der Waals surface area contributed by atoms with E-state index < -0.39 is 18.0 Å². The Balaban J connectivity index is 1.70. The summed E-state index contributed by atoms with van der Waals surface area (Å²) in [7, 11) is 0. The fourth-order valence-corrected chi connectivity index (χ4v) is 2.72. The first-order valence-corrected chi connectivity index (χ1v) is 8.06. The number of anilines is 1. The molecule has 2 aromatic heterocycles. The molecule has 0 aliphatic rings. The van der Waals surface area contributed by atoms with Crippen molar-refractivity contribution in [3.05, 3.63) is 51.3 Å². The minimum atomic E-state index is -1.00. The molecule has 3 aromatic rings. The largest absolute Gasteiger partial charge is 0.465 e. The quantitative estimate of drug-likeness (QED) is 0.620. The van der Waals surface area contributed by atoms with Crippen LogP contribution in [0.2, 0.25) is 0 Å². The monoisotopic (exact) mass is 357 g/mol. The average Bonchev–Trinajstić information content (AvgIpc) is 3.05. The molecule has 0 spiro atoms. The van der Waals surface area contributed by atoms with Crippen molar-refractivity contribution >= 4 is 28.6 Å². The minimum absolute atomic E-state index is 0.327. The number of ether oxygens (including phenoxy) is 1. The molecule has 26 heavy (non-hydrogen) atoms. The summed E-state index contributed by atoms with van der Waals surface area (Å²) in [6.45, 7) is 6.69. The normalized spacial score (nSPS) is 12.2. The second-order valence-corrected chi connectivity index (χ2v) is 6.09. The summed E-state index contributed by atoms with van der Waals surface area (Å²) in [6.07, 6.45) is -1.00. The molecule has 0 aliphatic carbocycles. The fraction of sp³-hybridized carbons (Fsp3) is 0.278. The van der Waals surface area contributed by atoms with Gasteiger partial charge in [0.15, 0.2) is 6.10 Å². The third-order valence-electron chi connectivity index (χ3n) is 4.20. The number of hydrogen-bond donors (Lipinski definition) is 3. The predicted molar refractivity (Wildman–Crippen MR) is 95.3 cm³/mol. The minimum Gasteiger partial charge on any atom is -0.465 e. The van der Waals surface area contributed by atoms with Crippen LogP contribution in [0.15, 0.2) is 27.4 Å². The summed E-state index contributed by atoms with van der Waals surface area (Å²) in [4.78, 5) is 41.2. The van der Waals surface area contributed by atoms with Gasteiger partial charge in [0.25, 0.3) is 5.91 Å². The Hall–Kier alpha value is -3.29. The first-order valence-electron chi connectivity index (χ1n) is 8.06. The zero-order valence-corrected chi connectivity index (χ0v) is 14.9. The van der Waals surface area contributed by atoms with Gasteiger partial charge in [-0.05, 0) is 45.9 Å². The molecule has 8 heteroatoms. The maximum absolute atomic E-state index is 12.3. The Morgan fingerprint density at radius 2 is 1.81 bits per heavy atom.